The molecule has 16 heteroatoms. The first-order valence-corrected chi connectivity index (χ1v) is 16.3. The SMILES string of the molecule is CC[C@H](NC(=O)OC(C)(C)C)c1nnc([C@H](CC(=O)OC(C)(C)C)NS(=O)(=O)N[C@H](C(=O)OC(C)(C)C)C(C)OC(C)(C)C)o1. The minimum atomic E-state index is -4.58. The molecule has 0 saturated heterocycles. The zero-order chi connectivity index (χ0) is 35.2. The summed E-state index contributed by atoms with van der Waals surface area (Å²) in [6, 6.07) is -3.66. The highest BCUT2D eigenvalue weighted by atomic mass is 32.2. The van der Waals surface area contributed by atoms with Crippen LogP contribution in [0.3, 0.4) is 0 Å². The van der Waals surface area contributed by atoms with Crippen LogP contribution >= 0.6 is 0 Å². The number of rotatable bonds is 13. The van der Waals surface area contributed by atoms with E-state index in [0.29, 0.717) is 6.42 Å². The fourth-order valence-corrected chi connectivity index (χ4v) is 5.01. The molecule has 0 aromatic carbocycles. The number of nitrogens with one attached hydrogen (secondary N) is 3. The lowest BCUT2D eigenvalue weighted by molar-refractivity contribution is -0.164. The molecule has 0 radical (unpaired) electrons. The molecule has 0 aliphatic heterocycles. The predicted molar refractivity (Wildman–Crippen MR) is 165 cm³/mol. The normalized spacial score (nSPS) is 15.9. The highest BCUT2D eigenvalue weighted by molar-refractivity contribution is 7.87. The van der Waals surface area contributed by atoms with Crippen molar-refractivity contribution >= 4 is 28.2 Å². The van der Waals surface area contributed by atoms with Crippen molar-refractivity contribution in [2.24, 2.45) is 0 Å². The van der Waals surface area contributed by atoms with Crippen molar-refractivity contribution in [2.75, 3.05) is 0 Å². The highest BCUT2D eigenvalue weighted by Gasteiger charge is 2.38. The number of carbonyl (C=O) groups is 3. The van der Waals surface area contributed by atoms with Gasteiger partial charge in [-0.15, -0.1) is 10.2 Å². The molecule has 0 saturated carbocycles. The molecular weight excluding hydrogens is 610 g/mol. The van der Waals surface area contributed by atoms with Gasteiger partial charge in [-0.1, -0.05) is 6.92 Å². The number of carbonyl (C=O) groups excluding carboxylic acids is 3. The van der Waals surface area contributed by atoms with E-state index in [4.69, 9.17) is 23.4 Å². The third-order valence-electron chi connectivity index (χ3n) is 5.19. The van der Waals surface area contributed by atoms with E-state index in [9.17, 15) is 22.8 Å². The van der Waals surface area contributed by atoms with Gasteiger partial charge in [0.25, 0.3) is 10.2 Å². The smallest absolute Gasteiger partial charge is 0.408 e. The summed E-state index contributed by atoms with van der Waals surface area (Å²) in [4.78, 5) is 38.3. The monoisotopic (exact) mass is 663 g/mol. The number of hydrogen-bond acceptors (Lipinski definition) is 12. The van der Waals surface area contributed by atoms with Crippen LogP contribution in [0.4, 0.5) is 4.79 Å². The maximum absolute atomic E-state index is 13.5. The van der Waals surface area contributed by atoms with Crippen LogP contribution in [0, 0.1) is 0 Å². The molecular formula is C29H53N5O10S. The number of esters is 2. The molecule has 1 amide bonds. The summed E-state index contributed by atoms with van der Waals surface area (Å²) < 4.78 is 59.4. The standard InChI is InChI=1S/C29H53N5O10S/c1-15-18(30-25(37)44-29(12,13)14)22-31-32-23(40-22)19(16-20(35)42-27(6,7)8)33-45(38,39)34-21(17(2)41-26(3,4)5)24(36)43-28(9,10)11/h17-19,21,33-34H,15-16H2,1-14H3,(H,30,37)/t17?,18-,19-,21-/m0/s1. The van der Waals surface area contributed by atoms with Gasteiger partial charge < -0.3 is 28.7 Å². The van der Waals surface area contributed by atoms with Gasteiger partial charge in [-0.2, -0.15) is 17.9 Å². The second-order valence-corrected chi connectivity index (χ2v) is 16.1. The van der Waals surface area contributed by atoms with Crippen molar-refractivity contribution in [1.29, 1.82) is 0 Å². The molecule has 1 aromatic rings. The number of hydrogen-bond donors (Lipinski definition) is 3. The Morgan fingerprint density at radius 1 is 0.756 bits per heavy atom. The lowest BCUT2D eigenvalue weighted by Crippen LogP contribution is -2.55. The van der Waals surface area contributed by atoms with Gasteiger partial charge in [0.2, 0.25) is 11.8 Å². The van der Waals surface area contributed by atoms with E-state index < -0.39 is 81.3 Å². The minimum Gasteiger partial charge on any atom is -0.460 e. The Labute approximate surface area is 267 Å². The quantitative estimate of drug-likeness (QED) is 0.202. The van der Waals surface area contributed by atoms with E-state index in [2.05, 4.69) is 25.0 Å². The first-order chi connectivity index (χ1) is 20.1. The minimum absolute atomic E-state index is 0.0430. The molecule has 0 fully saturated rings. The molecule has 1 aromatic heterocycles. The Morgan fingerprint density at radius 3 is 1.69 bits per heavy atom. The summed E-state index contributed by atoms with van der Waals surface area (Å²) in [6.45, 7) is 23.6. The fraction of sp³-hybridized carbons (Fsp3) is 0.828. The van der Waals surface area contributed by atoms with Crippen molar-refractivity contribution in [3.8, 4) is 0 Å². The van der Waals surface area contributed by atoms with Gasteiger partial charge in [0, 0.05) is 0 Å². The van der Waals surface area contributed by atoms with E-state index in [-0.39, 0.29) is 11.8 Å². The Morgan fingerprint density at radius 2 is 1.24 bits per heavy atom. The first-order valence-electron chi connectivity index (χ1n) is 14.8. The molecule has 0 aliphatic carbocycles. The zero-order valence-electron chi connectivity index (χ0n) is 29.1. The van der Waals surface area contributed by atoms with Crippen LogP contribution in [0.15, 0.2) is 4.42 Å². The van der Waals surface area contributed by atoms with E-state index >= 15 is 0 Å². The largest absolute Gasteiger partial charge is 0.460 e. The molecule has 1 unspecified atom stereocenters. The molecule has 1 heterocycles. The average Bonchev–Trinajstić information content (AvgIpc) is 3.25. The lowest BCUT2D eigenvalue weighted by atomic mass is 10.1. The van der Waals surface area contributed by atoms with Crippen molar-refractivity contribution in [1.82, 2.24) is 25.0 Å². The van der Waals surface area contributed by atoms with Gasteiger partial charge in [0.15, 0.2) is 0 Å². The topological polar surface area (TPSA) is 197 Å². The van der Waals surface area contributed by atoms with Gasteiger partial charge in [0.05, 0.1) is 18.1 Å². The second kappa shape index (κ2) is 15.2. The Balaban J connectivity index is 3.42. The molecule has 1 rings (SSSR count). The molecule has 15 nitrogen and oxygen atoms in total. The van der Waals surface area contributed by atoms with Gasteiger partial charge in [-0.05, 0) is 96.4 Å². The average molecular weight is 664 g/mol. The van der Waals surface area contributed by atoms with E-state index in [0.717, 1.165) is 0 Å². The third kappa shape index (κ3) is 16.3. The number of amides is 1. The summed E-state index contributed by atoms with van der Waals surface area (Å²) in [6.07, 6.45) is -1.89. The molecule has 4 atom stereocenters. The summed E-state index contributed by atoms with van der Waals surface area (Å²) in [5, 5.41) is 10.6. The fourth-order valence-electron chi connectivity index (χ4n) is 3.76. The van der Waals surface area contributed by atoms with Crippen LogP contribution in [-0.4, -0.2) is 71.2 Å². The van der Waals surface area contributed by atoms with E-state index in [1.54, 1.807) is 90.0 Å². The third-order valence-corrected chi connectivity index (χ3v) is 6.35. The number of aromatic nitrogens is 2. The second-order valence-electron chi connectivity index (χ2n) is 14.6. The Bertz CT molecular complexity index is 1250. The van der Waals surface area contributed by atoms with Gasteiger partial charge in [-0.3, -0.25) is 9.59 Å². The molecule has 45 heavy (non-hydrogen) atoms. The molecule has 0 aliphatic rings. The summed E-state index contributed by atoms with van der Waals surface area (Å²) in [5.74, 6) is -1.95. The van der Waals surface area contributed by atoms with E-state index in [1.807, 2.05) is 0 Å². The lowest BCUT2D eigenvalue weighted by Gasteiger charge is -2.32. The number of ether oxygens (including phenoxy) is 4. The molecule has 0 bridgehead atoms. The predicted octanol–water partition coefficient (Wildman–Crippen LogP) is 4.16. The van der Waals surface area contributed by atoms with Crippen LogP contribution in [0.1, 0.15) is 134 Å². The molecule has 3 N–H and O–H groups in total. The van der Waals surface area contributed by atoms with Crippen molar-refractivity contribution in [3.63, 3.8) is 0 Å². The van der Waals surface area contributed by atoms with Crippen molar-refractivity contribution in [2.45, 2.75) is 156 Å². The number of alkyl carbamates (subject to hydrolysis) is 1. The Hall–Kier alpha value is -2.82. The highest BCUT2D eigenvalue weighted by Crippen LogP contribution is 2.24. The van der Waals surface area contributed by atoms with Crippen LogP contribution in [0.25, 0.3) is 0 Å². The van der Waals surface area contributed by atoms with Gasteiger partial charge >= 0.3 is 18.0 Å². The van der Waals surface area contributed by atoms with Crippen molar-refractivity contribution in [3.05, 3.63) is 11.8 Å². The van der Waals surface area contributed by atoms with E-state index in [1.165, 1.54) is 6.92 Å². The van der Waals surface area contributed by atoms with Crippen molar-refractivity contribution < 1.29 is 46.2 Å². The Kier molecular flexibility index (Phi) is 13.6. The van der Waals surface area contributed by atoms with Crippen LogP contribution in [0.2, 0.25) is 0 Å². The zero-order valence-corrected chi connectivity index (χ0v) is 29.9. The summed E-state index contributed by atoms with van der Waals surface area (Å²) in [7, 11) is -4.58. The summed E-state index contributed by atoms with van der Waals surface area (Å²) in [5.41, 5.74) is -3.26. The van der Waals surface area contributed by atoms with Crippen LogP contribution in [-0.2, 0) is 38.7 Å². The van der Waals surface area contributed by atoms with Crippen LogP contribution < -0.4 is 14.8 Å². The number of nitrogens with zero attached hydrogens (tertiary/aromatic N) is 2. The van der Waals surface area contributed by atoms with Crippen LogP contribution in [0.5, 0.6) is 0 Å². The first kappa shape index (κ1) is 40.2. The van der Waals surface area contributed by atoms with Gasteiger partial charge in [0.1, 0.15) is 34.9 Å². The molecule has 260 valence electrons. The maximum Gasteiger partial charge on any atom is 0.408 e. The summed E-state index contributed by atoms with van der Waals surface area (Å²) >= 11 is 0. The molecule has 0 spiro atoms. The maximum atomic E-state index is 13.5. The van der Waals surface area contributed by atoms with Gasteiger partial charge in [-0.25, -0.2) is 4.79 Å².